The number of ether oxygens (including phenoxy) is 2. The number of amides is 1. The van der Waals surface area contributed by atoms with E-state index in [2.05, 4.69) is 22.3 Å². The number of piperidine rings is 2. The van der Waals surface area contributed by atoms with Crippen LogP contribution in [0.25, 0.3) is 0 Å². The molecule has 3 aliphatic heterocycles. The molecule has 9 heteroatoms. The van der Waals surface area contributed by atoms with Crippen LogP contribution >= 0.6 is 0 Å². The molecule has 0 radical (unpaired) electrons. The van der Waals surface area contributed by atoms with Crippen LogP contribution in [-0.4, -0.2) is 74.6 Å². The van der Waals surface area contributed by atoms with E-state index in [1.807, 2.05) is 18.2 Å². The predicted octanol–water partition coefficient (Wildman–Crippen LogP) is 3.64. The lowest BCUT2D eigenvalue weighted by molar-refractivity contribution is -0.159. The van der Waals surface area contributed by atoms with Gasteiger partial charge >= 0.3 is 0 Å². The highest BCUT2D eigenvalue weighted by molar-refractivity contribution is 7.89. The molecule has 37 heavy (non-hydrogen) atoms. The first-order valence-corrected chi connectivity index (χ1v) is 14.8. The third kappa shape index (κ3) is 6.23. The van der Waals surface area contributed by atoms with Gasteiger partial charge in [0, 0.05) is 38.5 Å². The maximum Gasteiger partial charge on any atom is 0.243 e. The van der Waals surface area contributed by atoms with Gasteiger partial charge in [-0.05, 0) is 61.9 Å². The number of rotatable bonds is 8. The lowest BCUT2D eigenvalue weighted by atomic mass is 9.85. The van der Waals surface area contributed by atoms with Gasteiger partial charge in [-0.15, -0.1) is 0 Å². The molecule has 0 unspecified atom stereocenters. The second kappa shape index (κ2) is 11.6. The number of sulfonamides is 1. The van der Waals surface area contributed by atoms with Crippen LogP contribution < -0.4 is 5.32 Å². The smallest absolute Gasteiger partial charge is 0.243 e. The van der Waals surface area contributed by atoms with Gasteiger partial charge in [-0.2, -0.15) is 4.31 Å². The van der Waals surface area contributed by atoms with Crippen LogP contribution in [0.3, 0.4) is 0 Å². The molecule has 2 atom stereocenters. The largest absolute Gasteiger partial charge is 0.372 e. The van der Waals surface area contributed by atoms with Gasteiger partial charge in [0.25, 0.3) is 0 Å². The number of carbonyl (C=O) groups is 1. The highest BCUT2D eigenvalue weighted by atomic mass is 32.2. The number of hydrogen-bond donors (Lipinski definition) is 1. The van der Waals surface area contributed by atoms with Crippen molar-refractivity contribution in [1.82, 2.24) is 9.21 Å². The second-order valence-corrected chi connectivity index (χ2v) is 12.3. The number of nitrogens with zero attached hydrogens (tertiary/aromatic N) is 2. The summed E-state index contributed by atoms with van der Waals surface area (Å²) in [4.78, 5) is 15.2. The lowest BCUT2D eigenvalue weighted by Crippen LogP contribution is -2.57. The number of anilines is 1. The van der Waals surface area contributed by atoms with Crippen LogP contribution in [-0.2, 0) is 30.9 Å². The average Bonchev–Trinajstić information content (AvgIpc) is 3.40. The third-order valence-electron chi connectivity index (χ3n) is 7.75. The Labute approximate surface area is 220 Å². The number of carbonyl (C=O) groups excluding carboxylic acids is 1. The predicted molar refractivity (Wildman–Crippen MR) is 142 cm³/mol. The first kappa shape index (κ1) is 26.3. The van der Waals surface area contributed by atoms with Crippen molar-refractivity contribution in [2.45, 2.75) is 61.7 Å². The minimum atomic E-state index is -3.49. The van der Waals surface area contributed by atoms with Gasteiger partial charge < -0.3 is 14.8 Å². The molecule has 2 aromatic rings. The zero-order chi connectivity index (χ0) is 25.7. The van der Waals surface area contributed by atoms with Gasteiger partial charge in [-0.3, -0.25) is 9.69 Å². The Morgan fingerprint density at radius 3 is 2.43 bits per heavy atom. The minimum Gasteiger partial charge on any atom is -0.372 e. The summed E-state index contributed by atoms with van der Waals surface area (Å²) in [6.07, 6.45) is 5.62. The molecule has 3 saturated heterocycles. The SMILES string of the molecule is O=C(CN1CC[C@@]2(CCCO2)[C@@H](OCc2ccccc2)C1)Nc1ccc(S(=O)(=O)N2CCCCC2)cc1. The summed E-state index contributed by atoms with van der Waals surface area (Å²) >= 11 is 0. The molecule has 3 fully saturated rings. The van der Waals surface area contributed by atoms with E-state index in [1.54, 1.807) is 28.6 Å². The molecule has 1 N–H and O–H groups in total. The van der Waals surface area contributed by atoms with Gasteiger partial charge in [0.2, 0.25) is 15.9 Å². The van der Waals surface area contributed by atoms with E-state index >= 15 is 0 Å². The number of nitrogens with one attached hydrogen (secondary N) is 1. The first-order valence-electron chi connectivity index (χ1n) is 13.4. The summed E-state index contributed by atoms with van der Waals surface area (Å²) in [5.41, 5.74) is 1.44. The van der Waals surface area contributed by atoms with Crippen molar-refractivity contribution < 1.29 is 22.7 Å². The normalized spacial score (nSPS) is 25.4. The van der Waals surface area contributed by atoms with Crippen molar-refractivity contribution in [1.29, 1.82) is 0 Å². The maximum atomic E-state index is 12.9. The number of benzene rings is 2. The van der Waals surface area contributed by atoms with Crippen LogP contribution in [0, 0.1) is 0 Å². The van der Waals surface area contributed by atoms with E-state index in [0.717, 1.165) is 57.2 Å². The molecule has 0 aromatic heterocycles. The van der Waals surface area contributed by atoms with Gasteiger partial charge in [0.1, 0.15) is 0 Å². The standard InChI is InChI=1S/C28H37N3O5S/c32-27(29-24-10-12-25(13-11-24)37(33,34)31-16-5-2-6-17-31)21-30-18-15-28(14-7-19-36-28)26(20-30)35-22-23-8-3-1-4-9-23/h1,3-4,8-13,26H,2,5-7,14-22H2,(H,29,32)/t26-,28-/m0/s1. The average molecular weight is 528 g/mol. The van der Waals surface area contributed by atoms with E-state index in [1.165, 1.54) is 0 Å². The lowest BCUT2D eigenvalue weighted by Gasteiger charge is -2.44. The van der Waals surface area contributed by atoms with Crippen molar-refractivity contribution in [2.24, 2.45) is 0 Å². The highest BCUT2D eigenvalue weighted by Gasteiger charge is 2.47. The molecule has 200 valence electrons. The van der Waals surface area contributed by atoms with Gasteiger partial charge in [0.05, 0.1) is 29.8 Å². The van der Waals surface area contributed by atoms with E-state index < -0.39 is 10.0 Å². The molecule has 3 aliphatic rings. The zero-order valence-corrected chi connectivity index (χ0v) is 22.1. The fourth-order valence-corrected chi connectivity index (χ4v) is 7.18. The Bertz CT molecular complexity index is 1140. The van der Waals surface area contributed by atoms with Crippen molar-refractivity contribution in [3.05, 3.63) is 60.2 Å². The molecule has 3 heterocycles. The summed E-state index contributed by atoms with van der Waals surface area (Å²) in [5, 5.41) is 2.92. The Hall–Kier alpha value is -2.30. The molecule has 1 spiro atoms. The van der Waals surface area contributed by atoms with Crippen molar-refractivity contribution in [3.63, 3.8) is 0 Å². The summed E-state index contributed by atoms with van der Waals surface area (Å²) in [6, 6.07) is 16.6. The first-order chi connectivity index (χ1) is 17.9. The highest BCUT2D eigenvalue weighted by Crippen LogP contribution is 2.38. The minimum absolute atomic E-state index is 0.101. The zero-order valence-electron chi connectivity index (χ0n) is 21.3. The molecule has 0 bridgehead atoms. The van der Waals surface area contributed by atoms with Crippen LogP contribution in [0.15, 0.2) is 59.5 Å². The van der Waals surface area contributed by atoms with E-state index in [0.29, 0.717) is 31.9 Å². The van der Waals surface area contributed by atoms with Gasteiger partial charge in [-0.25, -0.2) is 8.42 Å². The molecule has 5 rings (SSSR count). The Balaban J connectivity index is 1.17. The molecular weight excluding hydrogens is 490 g/mol. The van der Waals surface area contributed by atoms with Gasteiger partial charge in [0.15, 0.2) is 0 Å². The maximum absolute atomic E-state index is 12.9. The third-order valence-corrected chi connectivity index (χ3v) is 9.66. The van der Waals surface area contributed by atoms with E-state index in [9.17, 15) is 13.2 Å². The topological polar surface area (TPSA) is 88.2 Å². The second-order valence-electron chi connectivity index (χ2n) is 10.3. The Kier molecular flexibility index (Phi) is 8.26. The van der Waals surface area contributed by atoms with E-state index in [4.69, 9.17) is 9.47 Å². The Morgan fingerprint density at radius 1 is 0.973 bits per heavy atom. The number of hydrogen-bond acceptors (Lipinski definition) is 6. The van der Waals surface area contributed by atoms with Crippen LogP contribution in [0.4, 0.5) is 5.69 Å². The fraction of sp³-hybridized carbons (Fsp3) is 0.536. The number of likely N-dealkylation sites (tertiary alicyclic amines) is 1. The summed E-state index contributed by atoms with van der Waals surface area (Å²) in [7, 11) is -3.49. The van der Waals surface area contributed by atoms with Crippen molar-refractivity contribution in [2.75, 3.05) is 44.6 Å². The van der Waals surface area contributed by atoms with Crippen LogP contribution in [0.5, 0.6) is 0 Å². The molecule has 0 saturated carbocycles. The summed E-state index contributed by atoms with van der Waals surface area (Å²) < 4.78 is 39.9. The van der Waals surface area contributed by atoms with E-state index in [-0.39, 0.29) is 29.1 Å². The summed E-state index contributed by atoms with van der Waals surface area (Å²) in [6.45, 7) is 4.06. The molecule has 2 aromatic carbocycles. The molecule has 8 nitrogen and oxygen atoms in total. The monoisotopic (exact) mass is 527 g/mol. The van der Waals surface area contributed by atoms with Crippen molar-refractivity contribution in [3.8, 4) is 0 Å². The quantitative estimate of drug-likeness (QED) is 0.564. The molecular formula is C28H37N3O5S. The van der Waals surface area contributed by atoms with Crippen molar-refractivity contribution >= 4 is 21.6 Å². The van der Waals surface area contributed by atoms with Gasteiger partial charge in [-0.1, -0.05) is 36.8 Å². The fourth-order valence-electron chi connectivity index (χ4n) is 5.66. The van der Waals surface area contributed by atoms with Crippen LogP contribution in [0.1, 0.15) is 44.1 Å². The molecule has 1 amide bonds. The Morgan fingerprint density at radius 2 is 1.73 bits per heavy atom. The molecule has 0 aliphatic carbocycles. The summed E-state index contributed by atoms with van der Waals surface area (Å²) in [5.74, 6) is -0.128. The van der Waals surface area contributed by atoms with Crippen LogP contribution in [0.2, 0.25) is 0 Å².